The van der Waals surface area contributed by atoms with Crippen LogP contribution in [-0.2, 0) is 11.3 Å². The number of hydrogen-bond acceptors (Lipinski definition) is 3. The molecule has 0 spiro atoms. The highest BCUT2D eigenvalue weighted by Gasteiger charge is 2.06. The van der Waals surface area contributed by atoms with Gasteiger partial charge >= 0.3 is 0 Å². The van der Waals surface area contributed by atoms with E-state index < -0.39 is 0 Å². The fourth-order valence-electron chi connectivity index (χ4n) is 1.84. The molecule has 0 saturated carbocycles. The van der Waals surface area contributed by atoms with Gasteiger partial charge in [-0.2, -0.15) is 0 Å². The number of aliphatic hydroxyl groups is 1. The fourth-order valence-corrected chi connectivity index (χ4v) is 1.84. The second-order valence-electron chi connectivity index (χ2n) is 4.78. The van der Waals surface area contributed by atoms with Crippen LogP contribution in [0.5, 0.6) is 0 Å². The molecule has 0 aromatic heterocycles. The van der Waals surface area contributed by atoms with Crippen molar-refractivity contribution in [2.45, 2.75) is 19.4 Å². The van der Waals surface area contributed by atoms with E-state index in [2.05, 4.69) is 17.2 Å². The Morgan fingerprint density at radius 2 is 2.19 bits per heavy atom. The first-order chi connectivity index (χ1) is 10.0. The Bertz CT molecular complexity index is 535. The number of nitrogens with zero attached hydrogens (tertiary/aromatic N) is 1. The molecule has 4 nitrogen and oxygen atoms in total. The van der Waals surface area contributed by atoms with Crippen molar-refractivity contribution < 1.29 is 14.3 Å². The van der Waals surface area contributed by atoms with Gasteiger partial charge in [-0.05, 0) is 30.8 Å². The van der Waals surface area contributed by atoms with Crippen molar-refractivity contribution in [1.82, 2.24) is 10.2 Å². The molecule has 0 heterocycles. The second-order valence-corrected chi connectivity index (χ2v) is 4.78. The van der Waals surface area contributed by atoms with Crippen LogP contribution in [0.3, 0.4) is 0 Å². The Hall–Kier alpha value is -1.90. The van der Waals surface area contributed by atoms with Gasteiger partial charge in [0.25, 0.3) is 0 Å². The minimum absolute atomic E-state index is 0.00258. The molecule has 114 valence electrons. The van der Waals surface area contributed by atoms with Crippen molar-refractivity contribution in [3.63, 3.8) is 0 Å². The van der Waals surface area contributed by atoms with E-state index >= 15 is 0 Å². The van der Waals surface area contributed by atoms with E-state index in [9.17, 15) is 9.18 Å². The number of carbonyl (C=O) groups is 1. The van der Waals surface area contributed by atoms with Crippen LogP contribution in [0.25, 0.3) is 0 Å². The lowest BCUT2D eigenvalue weighted by atomic mass is 10.1. The first-order valence-electron chi connectivity index (χ1n) is 6.83. The Labute approximate surface area is 125 Å². The molecular formula is C16H21FN2O2. The standard InChI is InChI=1S/C16H21FN2O2/c1-18-16(21)6-7-19(2)12-14-9-13(5-3-4-8-20)10-15(17)11-14/h9-11,20H,4,6-8,12H2,1-2H3,(H,18,21). The lowest BCUT2D eigenvalue weighted by Crippen LogP contribution is -2.26. The van der Waals surface area contributed by atoms with E-state index in [1.807, 2.05) is 18.0 Å². The van der Waals surface area contributed by atoms with E-state index in [1.165, 1.54) is 12.1 Å². The predicted octanol–water partition coefficient (Wildman–Crippen LogP) is 1.13. The Morgan fingerprint density at radius 1 is 1.43 bits per heavy atom. The number of amides is 1. The molecule has 0 fully saturated rings. The third-order valence-electron chi connectivity index (χ3n) is 2.88. The number of halogens is 1. The average Bonchev–Trinajstić information content (AvgIpc) is 2.44. The molecule has 1 rings (SSSR count). The number of benzene rings is 1. The summed E-state index contributed by atoms with van der Waals surface area (Å²) in [5.74, 6) is 5.25. The molecule has 0 unspecified atom stereocenters. The van der Waals surface area contributed by atoms with E-state index in [4.69, 9.17) is 5.11 Å². The van der Waals surface area contributed by atoms with Gasteiger partial charge in [0.1, 0.15) is 5.82 Å². The molecule has 1 aromatic carbocycles. The number of hydrogen-bond donors (Lipinski definition) is 2. The molecule has 0 aliphatic carbocycles. The van der Waals surface area contributed by atoms with Gasteiger partial charge in [0.05, 0.1) is 6.61 Å². The monoisotopic (exact) mass is 292 g/mol. The van der Waals surface area contributed by atoms with Gasteiger partial charge in [0, 0.05) is 38.5 Å². The Kier molecular flexibility index (Phi) is 7.44. The summed E-state index contributed by atoms with van der Waals surface area (Å²) in [5.41, 5.74) is 1.40. The Morgan fingerprint density at radius 3 is 2.86 bits per heavy atom. The van der Waals surface area contributed by atoms with E-state index in [-0.39, 0.29) is 18.3 Å². The summed E-state index contributed by atoms with van der Waals surface area (Å²) in [6.07, 6.45) is 0.781. The van der Waals surface area contributed by atoms with Gasteiger partial charge in [0.2, 0.25) is 5.91 Å². The van der Waals surface area contributed by atoms with Crippen molar-refractivity contribution in [3.8, 4) is 11.8 Å². The van der Waals surface area contributed by atoms with E-state index in [0.29, 0.717) is 31.5 Å². The highest BCUT2D eigenvalue weighted by molar-refractivity contribution is 5.75. The van der Waals surface area contributed by atoms with Crippen LogP contribution < -0.4 is 5.32 Å². The molecule has 2 N–H and O–H groups in total. The zero-order valence-electron chi connectivity index (χ0n) is 12.4. The van der Waals surface area contributed by atoms with Crippen LogP contribution in [0.15, 0.2) is 18.2 Å². The second kappa shape index (κ2) is 9.11. The molecule has 1 aromatic rings. The molecule has 0 atom stereocenters. The first kappa shape index (κ1) is 17.2. The van der Waals surface area contributed by atoms with Crippen molar-refractivity contribution in [2.24, 2.45) is 0 Å². The molecule has 21 heavy (non-hydrogen) atoms. The summed E-state index contributed by atoms with van der Waals surface area (Å²) in [4.78, 5) is 13.1. The maximum atomic E-state index is 13.6. The van der Waals surface area contributed by atoms with Gasteiger partial charge in [-0.15, -0.1) is 0 Å². The van der Waals surface area contributed by atoms with Crippen LogP contribution in [0, 0.1) is 17.7 Å². The summed E-state index contributed by atoms with van der Waals surface area (Å²) in [5, 5.41) is 11.2. The molecule has 1 amide bonds. The summed E-state index contributed by atoms with van der Waals surface area (Å²) in [7, 11) is 3.48. The van der Waals surface area contributed by atoms with Crippen LogP contribution in [0.2, 0.25) is 0 Å². The third-order valence-corrected chi connectivity index (χ3v) is 2.88. The molecule has 0 aliphatic heterocycles. The minimum atomic E-state index is -0.333. The number of carbonyl (C=O) groups excluding carboxylic acids is 1. The maximum Gasteiger partial charge on any atom is 0.221 e. The smallest absolute Gasteiger partial charge is 0.221 e. The van der Waals surface area contributed by atoms with Gasteiger partial charge in [-0.3, -0.25) is 4.79 Å². The van der Waals surface area contributed by atoms with Gasteiger partial charge < -0.3 is 15.3 Å². The van der Waals surface area contributed by atoms with Gasteiger partial charge in [0.15, 0.2) is 0 Å². The predicted molar refractivity (Wildman–Crippen MR) is 80.0 cm³/mol. The maximum absolute atomic E-state index is 13.6. The highest BCUT2D eigenvalue weighted by atomic mass is 19.1. The Balaban J connectivity index is 2.66. The van der Waals surface area contributed by atoms with Gasteiger partial charge in [-0.1, -0.05) is 11.8 Å². The quantitative estimate of drug-likeness (QED) is 0.773. The normalized spacial score (nSPS) is 10.1. The van der Waals surface area contributed by atoms with Crippen LogP contribution in [0.4, 0.5) is 4.39 Å². The largest absolute Gasteiger partial charge is 0.395 e. The molecule has 0 saturated heterocycles. The molecule has 0 radical (unpaired) electrons. The highest BCUT2D eigenvalue weighted by Crippen LogP contribution is 2.11. The summed E-state index contributed by atoms with van der Waals surface area (Å²) >= 11 is 0. The zero-order valence-corrected chi connectivity index (χ0v) is 12.4. The minimum Gasteiger partial charge on any atom is -0.395 e. The third kappa shape index (κ3) is 6.89. The summed E-state index contributed by atoms with van der Waals surface area (Å²) in [6.45, 7) is 1.14. The van der Waals surface area contributed by atoms with Crippen molar-refractivity contribution in [1.29, 1.82) is 0 Å². The molecular weight excluding hydrogens is 271 g/mol. The van der Waals surface area contributed by atoms with Crippen LogP contribution >= 0.6 is 0 Å². The van der Waals surface area contributed by atoms with E-state index in [1.54, 1.807) is 7.05 Å². The van der Waals surface area contributed by atoms with Crippen LogP contribution in [0.1, 0.15) is 24.0 Å². The molecule has 0 bridgehead atoms. The lowest BCUT2D eigenvalue weighted by molar-refractivity contribution is -0.120. The SMILES string of the molecule is CNC(=O)CCN(C)Cc1cc(F)cc(C#CCCO)c1. The van der Waals surface area contributed by atoms with Crippen molar-refractivity contribution >= 4 is 5.91 Å². The van der Waals surface area contributed by atoms with E-state index in [0.717, 1.165) is 5.56 Å². The fraction of sp³-hybridized carbons (Fsp3) is 0.438. The van der Waals surface area contributed by atoms with Gasteiger partial charge in [-0.25, -0.2) is 4.39 Å². The first-order valence-corrected chi connectivity index (χ1v) is 6.83. The number of nitrogens with one attached hydrogen (secondary N) is 1. The lowest BCUT2D eigenvalue weighted by Gasteiger charge is -2.16. The summed E-state index contributed by atoms with van der Waals surface area (Å²) in [6, 6.07) is 4.66. The number of aliphatic hydroxyl groups excluding tert-OH is 1. The molecule has 0 aliphatic rings. The number of rotatable bonds is 6. The molecule has 5 heteroatoms. The van der Waals surface area contributed by atoms with Crippen molar-refractivity contribution in [2.75, 3.05) is 27.2 Å². The zero-order chi connectivity index (χ0) is 15.7. The average molecular weight is 292 g/mol. The van der Waals surface area contributed by atoms with Crippen LogP contribution in [-0.4, -0.2) is 43.2 Å². The summed E-state index contributed by atoms with van der Waals surface area (Å²) < 4.78 is 13.6. The van der Waals surface area contributed by atoms with Crippen molar-refractivity contribution in [3.05, 3.63) is 35.1 Å². The topological polar surface area (TPSA) is 52.6 Å².